The Morgan fingerprint density at radius 1 is 1.36 bits per heavy atom. The number of hydrogen-bond donors (Lipinski definition) is 0. The largest absolute Gasteiger partial charge is 0.373 e. The summed E-state index contributed by atoms with van der Waals surface area (Å²) >= 11 is 0. The van der Waals surface area contributed by atoms with Gasteiger partial charge in [0.2, 0.25) is 0 Å². The standard InChI is InChI=1S/C8H14O3/c1-8(10-4-5-11-8)3-2-7-6-9-7/h7H,2-6H2,1H3. The molecule has 0 N–H and O–H groups in total. The summed E-state index contributed by atoms with van der Waals surface area (Å²) in [6.07, 6.45) is 2.51. The molecule has 2 fully saturated rings. The van der Waals surface area contributed by atoms with E-state index in [0.717, 1.165) is 32.7 Å². The first kappa shape index (κ1) is 7.53. The molecule has 3 heteroatoms. The Kier molecular flexibility index (Phi) is 1.87. The lowest BCUT2D eigenvalue weighted by Crippen LogP contribution is -2.25. The van der Waals surface area contributed by atoms with Crippen molar-refractivity contribution in [3.63, 3.8) is 0 Å². The van der Waals surface area contributed by atoms with Gasteiger partial charge in [0, 0.05) is 6.42 Å². The number of hydrogen-bond acceptors (Lipinski definition) is 3. The van der Waals surface area contributed by atoms with Gasteiger partial charge < -0.3 is 14.2 Å². The summed E-state index contributed by atoms with van der Waals surface area (Å²) in [6, 6.07) is 0. The van der Waals surface area contributed by atoms with Crippen LogP contribution >= 0.6 is 0 Å². The van der Waals surface area contributed by atoms with Crippen LogP contribution in [0.2, 0.25) is 0 Å². The maximum absolute atomic E-state index is 5.44. The lowest BCUT2D eigenvalue weighted by molar-refractivity contribution is -0.148. The molecule has 0 saturated carbocycles. The summed E-state index contributed by atoms with van der Waals surface area (Å²) in [4.78, 5) is 0. The van der Waals surface area contributed by atoms with Crippen LogP contribution < -0.4 is 0 Å². The van der Waals surface area contributed by atoms with Crippen molar-refractivity contribution in [2.75, 3.05) is 19.8 Å². The van der Waals surface area contributed by atoms with E-state index in [1.54, 1.807) is 0 Å². The lowest BCUT2D eigenvalue weighted by Gasteiger charge is -2.21. The quantitative estimate of drug-likeness (QED) is 0.572. The van der Waals surface area contributed by atoms with Crippen LogP contribution in [-0.2, 0) is 14.2 Å². The summed E-state index contributed by atoms with van der Waals surface area (Å²) in [5, 5.41) is 0. The van der Waals surface area contributed by atoms with E-state index < -0.39 is 0 Å². The van der Waals surface area contributed by atoms with E-state index in [1.807, 2.05) is 6.92 Å². The van der Waals surface area contributed by atoms with E-state index >= 15 is 0 Å². The molecule has 0 aromatic carbocycles. The maximum atomic E-state index is 5.44. The van der Waals surface area contributed by atoms with Gasteiger partial charge in [-0.15, -0.1) is 0 Å². The van der Waals surface area contributed by atoms with Crippen molar-refractivity contribution in [3.8, 4) is 0 Å². The molecular formula is C8H14O3. The van der Waals surface area contributed by atoms with Gasteiger partial charge in [-0.25, -0.2) is 0 Å². The van der Waals surface area contributed by atoms with Crippen LogP contribution in [0.4, 0.5) is 0 Å². The fourth-order valence-electron chi connectivity index (χ4n) is 1.36. The third-order valence-electron chi connectivity index (χ3n) is 2.22. The van der Waals surface area contributed by atoms with E-state index in [1.165, 1.54) is 0 Å². The van der Waals surface area contributed by atoms with Crippen molar-refractivity contribution in [2.45, 2.75) is 31.7 Å². The predicted molar refractivity (Wildman–Crippen MR) is 39.3 cm³/mol. The lowest BCUT2D eigenvalue weighted by atomic mass is 10.1. The average Bonchev–Trinajstić information content (AvgIpc) is 2.73. The molecule has 2 heterocycles. The highest BCUT2D eigenvalue weighted by Crippen LogP contribution is 2.27. The molecule has 2 rings (SSSR count). The molecule has 0 radical (unpaired) electrons. The van der Waals surface area contributed by atoms with E-state index in [9.17, 15) is 0 Å². The second-order valence-electron chi connectivity index (χ2n) is 3.32. The Morgan fingerprint density at radius 3 is 2.55 bits per heavy atom. The van der Waals surface area contributed by atoms with E-state index in [2.05, 4.69) is 0 Å². The van der Waals surface area contributed by atoms with E-state index in [-0.39, 0.29) is 5.79 Å². The van der Waals surface area contributed by atoms with Gasteiger partial charge in [-0.2, -0.15) is 0 Å². The van der Waals surface area contributed by atoms with Gasteiger partial charge in [0.1, 0.15) is 0 Å². The SMILES string of the molecule is CC1(CCC2CO2)OCCO1. The molecule has 0 aliphatic carbocycles. The zero-order chi connectivity index (χ0) is 7.73. The monoisotopic (exact) mass is 158 g/mol. The van der Waals surface area contributed by atoms with Gasteiger partial charge in [0.25, 0.3) is 0 Å². The van der Waals surface area contributed by atoms with Crippen LogP contribution in [-0.4, -0.2) is 31.7 Å². The van der Waals surface area contributed by atoms with E-state index in [0.29, 0.717) is 6.10 Å². The molecule has 0 aromatic rings. The molecule has 1 unspecified atom stereocenters. The molecule has 2 aliphatic heterocycles. The molecule has 0 bridgehead atoms. The first-order valence-corrected chi connectivity index (χ1v) is 4.18. The van der Waals surface area contributed by atoms with Gasteiger partial charge in [-0.05, 0) is 13.3 Å². The third kappa shape index (κ3) is 1.92. The minimum Gasteiger partial charge on any atom is -0.373 e. The van der Waals surface area contributed by atoms with Crippen LogP contribution in [0.5, 0.6) is 0 Å². The molecule has 3 nitrogen and oxygen atoms in total. The van der Waals surface area contributed by atoms with Gasteiger partial charge >= 0.3 is 0 Å². The number of ether oxygens (including phenoxy) is 3. The molecule has 0 amide bonds. The van der Waals surface area contributed by atoms with Crippen molar-refractivity contribution >= 4 is 0 Å². The minimum absolute atomic E-state index is 0.314. The average molecular weight is 158 g/mol. The van der Waals surface area contributed by atoms with Gasteiger partial charge in [0.15, 0.2) is 5.79 Å². The van der Waals surface area contributed by atoms with Crippen LogP contribution in [0, 0.1) is 0 Å². The normalized spacial score (nSPS) is 34.1. The Morgan fingerprint density at radius 2 is 2.00 bits per heavy atom. The second kappa shape index (κ2) is 2.73. The molecule has 0 aromatic heterocycles. The molecule has 0 spiro atoms. The van der Waals surface area contributed by atoms with Crippen LogP contribution in [0.25, 0.3) is 0 Å². The highest BCUT2D eigenvalue weighted by atomic mass is 16.7. The highest BCUT2D eigenvalue weighted by molar-refractivity contribution is 4.75. The fourth-order valence-corrected chi connectivity index (χ4v) is 1.36. The maximum Gasteiger partial charge on any atom is 0.165 e. The predicted octanol–water partition coefficient (Wildman–Crippen LogP) is 0.928. The third-order valence-corrected chi connectivity index (χ3v) is 2.22. The molecule has 1 atom stereocenters. The number of epoxide rings is 1. The zero-order valence-electron chi connectivity index (χ0n) is 6.84. The fraction of sp³-hybridized carbons (Fsp3) is 1.00. The van der Waals surface area contributed by atoms with Crippen molar-refractivity contribution in [1.82, 2.24) is 0 Å². The highest BCUT2D eigenvalue weighted by Gasteiger charge is 2.33. The summed E-state index contributed by atoms with van der Waals surface area (Å²) in [5.74, 6) is -0.314. The summed E-state index contributed by atoms with van der Waals surface area (Å²) in [6.45, 7) is 4.41. The first-order valence-electron chi connectivity index (χ1n) is 4.18. The molecule has 2 saturated heterocycles. The summed E-state index contributed by atoms with van der Waals surface area (Å²) in [7, 11) is 0. The van der Waals surface area contributed by atoms with Gasteiger partial charge in [-0.3, -0.25) is 0 Å². The van der Waals surface area contributed by atoms with Crippen LogP contribution in [0.3, 0.4) is 0 Å². The Hall–Kier alpha value is -0.120. The topological polar surface area (TPSA) is 31.0 Å². The van der Waals surface area contributed by atoms with Gasteiger partial charge in [0.05, 0.1) is 25.9 Å². The zero-order valence-corrected chi connectivity index (χ0v) is 6.84. The van der Waals surface area contributed by atoms with E-state index in [4.69, 9.17) is 14.2 Å². The van der Waals surface area contributed by atoms with Crippen LogP contribution in [0.1, 0.15) is 19.8 Å². The van der Waals surface area contributed by atoms with Crippen molar-refractivity contribution in [2.24, 2.45) is 0 Å². The van der Waals surface area contributed by atoms with Crippen molar-refractivity contribution < 1.29 is 14.2 Å². The molecule has 2 aliphatic rings. The Balaban J connectivity index is 1.73. The van der Waals surface area contributed by atoms with Crippen molar-refractivity contribution in [3.05, 3.63) is 0 Å². The summed E-state index contributed by atoms with van der Waals surface area (Å²) in [5.41, 5.74) is 0. The summed E-state index contributed by atoms with van der Waals surface area (Å²) < 4.78 is 16.0. The minimum atomic E-state index is -0.314. The van der Waals surface area contributed by atoms with Gasteiger partial charge in [-0.1, -0.05) is 0 Å². The second-order valence-corrected chi connectivity index (χ2v) is 3.32. The molecule has 64 valence electrons. The number of rotatable bonds is 3. The Bertz CT molecular complexity index is 136. The Labute approximate surface area is 66.6 Å². The van der Waals surface area contributed by atoms with Crippen molar-refractivity contribution in [1.29, 1.82) is 0 Å². The smallest absolute Gasteiger partial charge is 0.165 e. The molecular weight excluding hydrogens is 144 g/mol. The first-order chi connectivity index (χ1) is 5.29. The molecule has 11 heavy (non-hydrogen) atoms. The van der Waals surface area contributed by atoms with Crippen LogP contribution in [0.15, 0.2) is 0 Å².